The highest BCUT2D eigenvalue weighted by Crippen LogP contribution is 2.53. The maximum atomic E-state index is 6.62. The van der Waals surface area contributed by atoms with Crippen LogP contribution in [0, 0.1) is 12.3 Å². The lowest BCUT2D eigenvalue weighted by Gasteiger charge is -2.41. The van der Waals surface area contributed by atoms with E-state index in [2.05, 4.69) is 12.5 Å². The van der Waals surface area contributed by atoms with Crippen molar-refractivity contribution in [2.24, 2.45) is 0 Å². The van der Waals surface area contributed by atoms with Crippen molar-refractivity contribution in [2.75, 3.05) is 13.2 Å². The van der Waals surface area contributed by atoms with Crippen LogP contribution in [0.4, 0.5) is 0 Å². The highest BCUT2D eigenvalue weighted by molar-refractivity contribution is 5.13. The van der Waals surface area contributed by atoms with Crippen molar-refractivity contribution in [1.82, 2.24) is 0 Å². The van der Waals surface area contributed by atoms with Crippen LogP contribution >= 0.6 is 0 Å². The summed E-state index contributed by atoms with van der Waals surface area (Å²) in [6, 6.07) is 0. The van der Waals surface area contributed by atoms with Gasteiger partial charge < -0.3 is 28.4 Å². The quantitative estimate of drug-likeness (QED) is 0.500. The molecule has 5 fully saturated rings. The number of hydrogen-bond acceptors (Lipinski definition) is 6. The third-order valence-corrected chi connectivity index (χ3v) is 7.50. The highest BCUT2D eigenvalue weighted by atomic mass is 16.9. The van der Waals surface area contributed by atoms with Crippen molar-refractivity contribution in [3.05, 3.63) is 12.7 Å². The Balaban J connectivity index is 1.41. The first-order chi connectivity index (χ1) is 14.6. The van der Waals surface area contributed by atoms with Crippen LogP contribution in [0.5, 0.6) is 0 Å². The second kappa shape index (κ2) is 8.20. The van der Waals surface area contributed by atoms with Gasteiger partial charge in [0, 0.05) is 25.7 Å². The average Bonchev–Trinajstić information content (AvgIpc) is 3.40. The Morgan fingerprint density at radius 3 is 2.30 bits per heavy atom. The Morgan fingerprint density at radius 2 is 1.63 bits per heavy atom. The Bertz CT molecular complexity index is 674. The summed E-state index contributed by atoms with van der Waals surface area (Å²) in [5.74, 6) is 1.57. The maximum absolute atomic E-state index is 6.62. The first kappa shape index (κ1) is 20.9. The summed E-state index contributed by atoms with van der Waals surface area (Å²) in [5.41, 5.74) is -0.798. The Labute approximate surface area is 179 Å². The molecule has 0 radical (unpaired) electrons. The number of ether oxygens (including phenoxy) is 6. The molecule has 0 N–H and O–H groups in total. The van der Waals surface area contributed by atoms with Crippen molar-refractivity contribution in [3.63, 3.8) is 0 Å². The van der Waals surface area contributed by atoms with Crippen molar-refractivity contribution in [2.45, 2.75) is 112 Å². The lowest BCUT2D eigenvalue weighted by atomic mass is 9.85. The molecule has 6 heteroatoms. The van der Waals surface area contributed by atoms with Gasteiger partial charge in [-0.05, 0) is 32.1 Å². The van der Waals surface area contributed by atoms with Gasteiger partial charge in [0.15, 0.2) is 17.9 Å². The number of rotatable bonds is 5. The monoisotopic (exact) mass is 418 g/mol. The van der Waals surface area contributed by atoms with Crippen molar-refractivity contribution >= 4 is 0 Å². The first-order valence-corrected chi connectivity index (χ1v) is 11.7. The summed E-state index contributed by atoms with van der Waals surface area (Å²) in [6.07, 6.45) is 17.0. The minimum absolute atomic E-state index is 0.173. The van der Waals surface area contributed by atoms with Crippen LogP contribution in [0.2, 0.25) is 0 Å². The highest BCUT2D eigenvalue weighted by Gasteiger charge is 2.68. The van der Waals surface area contributed by atoms with E-state index in [4.69, 9.17) is 34.8 Å². The van der Waals surface area contributed by atoms with Gasteiger partial charge in [-0.2, -0.15) is 0 Å². The molecule has 5 rings (SSSR count). The summed E-state index contributed by atoms with van der Waals surface area (Å²) in [7, 11) is 0. The third-order valence-electron chi connectivity index (χ3n) is 7.50. The number of fused-ring (bicyclic) bond motifs is 1. The van der Waals surface area contributed by atoms with Crippen LogP contribution in [0.25, 0.3) is 0 Å². The fraction of sp³-hybridized carbons (Fsp3) is 0.833. The number of hydrogen-bond donors (Lipinski definition) is 0. The van der Waals surface area contributed by atoms with E-state index >= 15 is 0 Å². The van der Waals surface area contributed by atoms with Crippen molar-refractivity contribution in [3.8, 4) is 12.3 Å². The van der Waals surface area contributed by atoms with E-state index in [1.807, 2.05) is 6.08 Å². The van der Waals surface area contributed by atoms with Crippen LogP contribution in [0.15, 0.2) is 12.7 Å². The molecular weight excluding hydrogens is 384 g/mol. The van der Waals surface area contributed by atoms with Gasteiger partial charge in [0.2, 0.25) is 0 Å². The summed E-state index contributed by atoms with van der Waals surface area (Å²) >= 11 is 0. The van der Waals surface area contributed by atoms with E-state index in [1.165, 1.54) is 12.8 Å². The van der Waals surface area contributed by atoms with Gasteiger partial charge in [-0.3, -0.25) is 0 Å². The second-order valence-corrected chi connectivity index (χ2v) is 9.43. The molecule has 3 saturated heterocycles. The zero-order chi connectivity index (χ0) is 20.7. The average molecular weight is 419 g/mol. The molecule has 166 valence electrons. The predicted octanol–water partition coefficient (Wildman–Crippen LogP) is 3.83. The van der Waals surface area contributed by atoms with E-state index in [-0.39, 0.29) is 24.9 Å². The smallest absolute Gasteiger partial charge is 0.190 e. The molecule has 0 aromatic heterocycles. The molecule has 5 atom stereocenters. The molecule has 6 nitrogen and oxygen atoms in total. The van der Waals surface area contributed by atoms with E-state index < -0.39 is 23.5 Å². The van der Waals surface area contributed by atoms with Crippen molar-refractivity contribution < 1.29 is 28.4 Å². The third kappa shape index (κ3) is 3.44. The molecule has 0 amide bonds. The van der Waals surface area contributed by atoms with Gasteiger partial charge in [-0.15, -0.1) is 13.0 Å². The van der Waals surface area contributed by atoms with Crippen LogP contribution in [-0.4, -0.2) is 55.0 Å². The van der Waals surface area contributed by atoms with E-state index in [1.54, 1.807) is 0 Å². The fourth-order valence-corrected chi connectivity index (χ4v) is 6.10. The van der Waals surface area contributed by atoms with Crippen LogP contribution < -0.4 is 0 Å². The first-order valence-electron chi connectivity index (χ1n) is 11.7. The van der Waals surface area contributed by atoms with E-state index in [0.717, 1.165) is 51.4 Å². The standard InChI is InChI=1S/C24H34O6/c1-3-11-24(25-16-4-2)19(18-17-26-22(28-18)12-7-5-8-13-22)27-21-20(24)29-23(30-21)14-9-6-10-15-23/h2-3,18-21H,1,5-17H2/t18-,19-,20+,21-,24-/m1/s1. The molecule has 5 aliphatic rings. The minimum atomic E-state index is -0.798. The van der Waals surface area contributed by atoms with Gasteiger partial charge in [-0.25, -0.2) is 0 Å². The molecule has 0 aromatic rings. The number of terminal acetylenes is 1. The predicted molar refractivity (Wildman–Crippen MR) is 109 cm³/mol. The molecule has 0 bridgehead atoms. The Hall–Kier alpha value is -0.940. The molecule has 2 spiro atoms. The molecule has 3 aliphatic heterocycles. The molecule has 2 aliphatic carbocycles. The van der Waals surface area contributed by atoms with E-state index in [9.17, 15) is 0 Å². The lowest BCUT2D eigenvalue weighted by molar-refractivity contribution is -0.276. The topological polar surface area (TPSA) is 55.4 Å². The second-order valence-electron chi connectivity index (χ2n) is 9.43. The summed E-state index contributed by atoms with van der Waals surface area (Å²) < 4.78 is 38.6. The molecule has 3 heterocycles. The van der Waals surface area contributed by atoms with Crippen LogP contribution in [-0.2, 0) is 28.4 Å². The minimum Gasteiger partial charge on any atom is -0.356 e. The van der Waals surface area contributed by atoms with Gasteiger partial charge in [0.25, 0.3) is 0 Å². The van der Waals surface area contributed by atoms with Gasteiger partial charge >= 0.3 is 0 Å². The van der Waals surface area contributed by atoms with Crippen molar-refractivity contribution in [1.29, 1.82) is 0 Å². The molecule has 0 unspecified atom stereocenters. The molecular formula is C24H34O6. The maximum Gasteiger partial charge on any atom is 0.190 e. The Kier molecular flexibility index (Phi) is 5.72. The largest absolute Gasteiger partial charge is 0.356 e. The van der Waals surface area contributed by atoms with Crippen LogP contribution in [0.3, 0.4) is 0 Å². The zero-order valence-electron chi connectivity index (χ0n) is 17.8. The zero-order valence-corrected chi connectivity index (χ0v) is 17.8. The van der Waals surface area contributed by atoms with Gasteiger partial charge in [0.1, 0.15) is 30.5 Å². The molecule has 30 heavy (non-hydrogen) atoms. The van der Waals surface area contributed by atoms with Gasteiger partial charge in [-0.1, -0.05) is 24.8 Å². The fourth-order valence-electron chi connectivity index (χ4n) is 6.10. The Morgan fingerprint density at radius 1 is 0.933 bits per heavy atom. The summed E-state index contributed by atoms with van der Waals surface area (Å²) in [4.78, 5) is 0. The molecule has 0 aromatic carbocycles. The van der Waals surface area contributed by atoms with E-state index in [0.29, 0.717) is 13.0 Å². The van der Waals surface area contributed by atoms with Crippen LogP contribution in [0.1, 0.15) is 70.6 Å². The molecule has 2 saturated carbocycles. The lowest BCUT2D eigenvalue weighted by Crippen LogP contribution is -2.56. The SMILES string of the molecule is C#CCO[C@]1(CC=C)[C@@H]([C@H]2COC3(CCCCC3)O2)O[C@@H]2OC3(CCCCC3)O[C@@H]21. The normalized spacial score (nSPS) is 41.7. The van der Waals surface area contributed by atoms with Gasteiger partial charge in [0.05, 0.1) is 6.61 Å². The summed E-state index contributed by atoms with van der Waals surface area (Å²) in [5, 5.41) is 0. The summed E-state index contributed by atoms with van der Waals surface area (Å²) in [6.45, 7) is 4.64.